The molecule has 2 aromatic rings. The first-order chi connectivity index (χ1) is 13.6. The molecule has 2 heterocycles. The Balaban J connectivity index is 1.52. The molecule has 5 nitrogen and oxygen atoms in total. The van der Waals surface area contributed by atoms with Crippen LogP contribution in [0.2, 0.25) is 0 Å². The minimum Gasteiger partial charge on any atom is -0.362 e. The summed E-state index contributed by atoms with van der Waals surface area (Å²) < 4.78 is 58.4. The second kappa shape index (κ2) is 8.23. The molecule has 0 amide bonds. The van der Waals surface area contributed by atoms with Crippen molar-refractivity contribution in [1.82, 2.24) is 0 Å². The predicted molar refractivity (Wildman–Crippen MR) is 95.6 cm³/mol. The van der Waals surface area contributed by atoms with Gasteiger partial charge in [-0.15, -0.1) is 0 Å². The van der Waals surface area contributed by atoms with Crippen molar-refractivity contribution in [1.29, 1.82) is 0 Å². The molecule has 0 aromatic heterocycles. The Morgan fingerprint density at radius 1 is 1.00 bits per heavy atom. The van der Waals surface area contributed by atoms with Gasteiger partial charge in [0, 0.05) is 12.7 Å². The lowest BCUT2D eigenvalue weighted by Gasteiger charge is -2.48. The van der Waals surface area contributed by atoms with Crippen LogP contribution in [0.3, 0.4) is 0 Å². The number of halogens is 2. The first kappa shape index (κ1) is 19.4. The molecule has 0 saturated carbocycles. The van der Waals surface area contributed by atoms with Crippen LogP contribution in [-0.4, -0.2) is 44.2 Å². The molecule has 150 valence electrons. The highest BCUT2D eigenvalue weighted by molar-refractivity contribution is 5.17. The van der Waals surface area contributed by atoms with E-state index in [1.165, 1.54) is 7.11 Å². The van der Waals surface area contributed by atoms with Crippen LogP contribution in [0.15, 0.2) is 60.7 Å². The highest BCUT2D eigenvalue weighted by Crippen LogP contribution is 2.43. The van der Waals surface area contributed by atoms with Gasteiger partial charge in [0.05, 0.1) is 13.2 Å². The second-order valence-electron chi connectivity index (χ2n) is 6.80. The third-order valence-electron chi connectivity index (χ3n) is 4.91. The van der Waals surface area contributed by atoms with Crippen molar-refractivity contribution < 1.29 is 32.5 Å². The Morgan fingerprint density at radius 3 is 2.36 bits per heavy atom. The van der Waals surface area contributed by atoms with Gasteiger partial charge in [-0.05, 0) is 5.56 Å². The van der Waals surface area contributed by atoms with Gasteiger partial charge in [-0.3, -0.25) is 0 Å². The monoisotopic (exact) mass is 392 g/mol. The lowest BCUT2D eigenvalue weighted by atomic mass is 9.96. The number of hydrogen-bond acceptors (Lipinski definition) is 5. The second-order valence-corrected chi connectivity index (χ2v) is 6.80. The van der Waals surface area contributed by atoms with Crippen molar-refractivity contribution in [2.24, 2.45) is 0 Å². The Hall–Kier alpha value is -1.90. The summed E-state index contributed by atoms with van der Waals surface area (Å²) >= 11 is 0. The lowest BCUT2D eigenvalue weighted by molar-refractivity contribution is -0.400. The van der Waals surface area contributed by atoms with E-state index in [2.05, 4.69) is 0 Å². The van der Waals surface area contributed by atoms with Gasteiger partial charge in [0.2, 0.25) is 0 Å². The molecule has 0 bridgehead atoms. The third-order valence-corrected chi connectivity index (χ3v) is 4.91. The van der Waals surface area contributed by atoms with Crippen molar-refractivity contribution >= 4 is 0 Å². The number of alkyl halides is 2. The zero-order valence-electron chi connectivity index (χ0n) is 15.4. The van der Waals surface area contributed by atoms with Crippen LogP contribution in [0.4, 0.5) is 8.78 Å². The molecule has 2 aromatic carbocycles. The van der Waals surface area contributed by atoms with Crippen LogP contribution in [-0.2, 0) is 30.3 Å². The van der Waals surface area contributed by atoms with Gasteiger partial charge >= 0.3 is 5.92 Å². The van der Waals surface area contributed by atoms with Crippen LogP contribution >= 0.6 is 0 Å². The fourth-order valence-corrected chi connectivity index (χ4v) is 3.48. The number of ether oxygens (including phenoxy) is 5. The van der Waals surface area contributed by atoms with Gasteiger partial charge in [-0.25, -0.2) is 8.78 Å². The molecule has 0 aliphatic carbocycles. The van der Waals surface area contributed by atoms with E-state index in [-0.39, 0.29) is 13.2 Å². The maximum atomic E-state index is 15.4. The fraction of sp³-hybridized carbons (Fsp3) is 0.429. The molecule has 0 N–H and O–H groups in total. The average Bonchev–Trinajstić information content (AvgIpc) is 2.74. The molecule has 7 heteroatoms. The Bertz CT molecular complexity index is 750. The normalized spacial score (nSPS) is 31.9. The zero-order valence-corrected chi connectivity index (χ0v) is 15.4. The number of benzene rings is 2. The summed E-state index contributed by atoms with van der Waals surface area (Å²) in [4.78, 5) is 0. The highest BCUT2D eigenvalue weighted by atomic mass is 19.3. The summed E-state index contributed by atoms with van der Waals surface area (Å²) in [5, 5.41) is 0. The molecule has 0 spiro atoms. The SMILES string of the molecule is CO[C@H]1O[C@@H]2COC(c3ccccc3)O[C@H]2C(F)(F)[C@H]1OCc1ccccc1. The minimum atomic E-state index is -3.32. The molecule has 28 heavy (non-hydrogen) atoms. The van der Waals surface area contributed by atoms with Crippen LogP contribution in [0.1, 0.15) is 17.4 Å². The Labute approximate surface area is 162 Å². The van der Waals surface area contributed by atoms with Gasteiger partial charge in [0.1, 0.15) is 6.10 Å². The van der Waals surface area contributed by atoms with Crippen molar-refractivity contribution in [3.63, 3.8) is 0 Å². The highest BCUT2D eigenvalue weighted by Gasteiger charge is 2.62. The molecule has 1 unspecified atom stereocenters. The molecule has 5 atom stereocenters. The van der Waals surface area contributed by atoms with Gasteiger partial charge in [-0.1, -0.05) is 60.7 Å². The molecule has 0 radical (unpaired) electrons. The molecule has 2 aliphatic rings. The molecule has 2 aliphatic heterocycles. The minimum absolute atomic E-state index is 0.0142. The van der Waals surface area contributed by atoms with Crippen molar-refractivity contribution in [2.75, 3.05) is 13.7 Å². The summed E-state index contributed by atoms with van der Waals surface area (Å²) in [6.07, 6.45) is -6.16. The topological polar surface area (TPSA) is 46.2 Å². The third kappa shape index (κ3) is 3.81. The van der Waals surface area contributed by atoms with Crippen LogP contribution < -0.4 is 0 Å². The van der Waals surface area contributed by atoms with E-state index in [1.807, 2.05) is 36.4 Å². The summed E-state index contributed by atoms with van der Waals surface area (Å²) in [5.74, 6) is -3.32. The number of hydrogen-bond donors (Lipinski definition) is 0. The largest absolute Gasteiger partial charge is 0.362 e. The Morgan fingerprint density at radius 2 is 1.68 bits per heavy atom. The Kier molecular flexibility index (Phi) is 5.70. The van der Waals surface area contributed by atoms with E-state index in [9.17, 15) is 0 Å². The molecule has 2 fully saturated rings. The first-order valence-electron chi connectivity index (χ1n) is 9.13. The van der Waals surface area contributed by atoms with Crippen molar-refractivity contribution in [3.05, 3.63) is 71.8 Å². The fourth-order valence-electron chi connectivity index (χ4n) is 3.48. The van der Waals surface area contributed by atoms with Crippen LogP contribution in [0, 0.1) is 0 Å². The van der Waals surface area contributed by atoms with E-state index >= 15 is 8.78 Å². The van der Waals surface area contributed by atoms with Gasteiger partial charge in [0.25, 0.3) is 0 Å². The van der Waals surface area contributed by atoms with E-state index in [0.717, 1.165) is 5.56 Å². The number of fused-ring (bicyclic) bond motifs is 1. The summed E-state index contributed by atoms with van der Waals surface area (Å²) in [5.41, 5.74) is 1.46. The summed E-state index contributed by atoms with van der Waals surface area (Å²) in [6, 6.07) is 18.1. The molecule has 4 rings (SSSR count). The molecular weight excluding hydrogens is 370 g/mol. The van der Waals surface area contributed by atoms with E-state index in [0.29, 0.717) is 5.56 Å². The molecular formula is C21H22F2O5. The maximum Gasteiger partial charge on any atom is 0.307 e. The maximum absolute atomic E-state index is 15.4. The van der Waals surface area contributed by atoms with Crippen molar-refractivity contribution in [3.8, 4) is 0 Å². The number of rotatable bonds is 5. The van der Waals surface area contributed by atoms with Gasteiger partial charge in [-0.2, -0.15) is 0 Å². The molecule has 2 saturated heterocycles. The van der Waals surface area contributed by atoms with Crippen LogP contribution in [0.5, 0.6) is 0 Å². The summed E-state index contributed by atoms with van der Waals surface area (Å²) in [6.45, 7) is -0.00853. The van der Waals surface area contributed by atoms with Gasteiger partial charge in [0.15, 0.2) is 24.8 Å². The van der Waals surface area contributed by atoms with Crippen molar-refractivity contribution in [2.45, 2.75) is 43.4 Å². The zero-order chi connectivity index (χ0) is 19.6. The summed E-state index contributed by atoms with van der Waals surface area (Å²) in [7, 11) is 1.32. The quantitative estimate of drug-likeness (QED) is 0.777. The average molecular weight is 392 g/mol. The van der Waals surface area contributed by atoms with Gasteiger partial charge < -0.3 is 23.7 Å². The number of methoxy groups -OCH3 is 1. The van der Waals surface area contributed by atoms with E-state index < -0.39 is 36.8 Å². The predicted octanol–water partition coefficient (Wildman–Crippen LogP) is 3.69. The van der Waals surface area contributed by atoms with E-state index in [1.54, 1.807) is 24.3 Å². The standard InChI is InChI=1S/C21H22F2O5/c1-24-20-18(25-12-14-8-4-2-5-9-14)21(22,23)17-16(27-20)13-26-19(28-17)15-10-6-3-7-11-15/h2-11,16-20H,12-13H2,1H3/t16-,17-,18+,19?,20+/m1/s1. The smallest absolute Gasteiger partial charge is 0.307 e. The lowest BCUT2D eigenvalue weighted by Crippen LogP contribution is -2.66. The first-order valence-corrected chi connectivity index (χ1v) is 9.13. The van der Waals surface area contributed by atoms with Crippen LogP contribution in [0.25, 0.3) is 0 Å². The van der Waals surface area contributed by atoms with E-state index in [4.69, 9.17) is 23.7 Å².